The summed E-state index contributed by atoms with van der Waals surface area (Å²) in [7, 11) is 0. The fourth-order valence-corrected chi connectivity index (χ4v) is 1.06. The predicted molar refractivity (Wildman–Crippen MR) is 53.3 cm³/mol. The van der Waals surface area contributed by atoms with Crippen LogP contribution < -0.4 is 0 Å². The molecule has 0 saturated heterocycles. The Labute approximate surface area is 90.2 Å². The molecule has 0 aromatic heterocycles. The van der Waals surface area contributed by atoms with Crippen LogP contribution in [0.4, 0.5) is 9.59 Å². The van der Waals surface area contributed by atoms with Crippen molar-refractivity contribution in [3.8, 4) is 0 Å². The average Bonchev–Trinajstić information content (AvgIpc) is 2.25. The van der Waals surface area contributed by atoms with Gasteiger partial charge >= 0.3 is 11.5 Å². The summed E-state index contributed by atoms with van der Waals surface area (Å²) < 4.78 is 8.66. The highest BCUT2D eigenvalue weighted by Gasteiger charge is 2.08. The quantitative estimate of drug-likeness (QED) is 0.619. The fraction of sp³-hybridized carbons (Fsp3) is 0.111. The monoisotopic (exact) mass is 228 g/mol. The second-order valence-corrected chi connectivity index (χ2v) is 3.12. The summed E-state index contributed by atoms with van der Waals surface area (Å²) in [6.45, 7) is 0.0929. The molecule has 1 rings (SSSR count). The maximum atomic E-state index is 10.9. The molecule has 15 heavy (non-hydrogen) atoms. The second-order valence-electron chi connectivity index (χ2n) is 2.46. The maximum absolute atomic E-state index is 10.9. The van der Waals surface area contributed by atoms with E-state index in [0.29, 0.717) is 0 Å². The zero-order chi connectivity index (χ0) is 11.1. The Morgan fingerprint density at radius 3 is 2.53 bits per heavy atom. The van der Waals surface area contributed by atoms with Crippen molar-refractivity contribution in [3.05, 3.63) is 35.9 Å². The second kappa shape index (κ2) is 5.92. The molecule has 6 heteroatoms. The molecule has 0 amide bonds. The van der Waals surface area contributed by atoms with Gasteiger partial charge in [0.1, 0.15) is 6.61 Å². The van der Waals surface area contributed by atoms with Crippen molar-refractivity contribution >= 4 is 23.5 Å². The summed E-state index contributed by atoms with van der Waals surface area (Å²) in [4.78, 5) is 20.8. The van der Waals surface area contributed by atoms with E-state index in [-0.39, 0.29) is 18.6 Å². The van der Waals surface area contributed by atoms with Crippen LogP contribution in [0.5, 0.6) is 0 Å². The van der Waals surface area contributed by atoms with Gasteiger partial charge in [-0.1, -0.05) is 30.3 Å². The van der Waals surface area contributed by atoms with Gasteiger partial charge in [-0.05, 0) is 5.56 Å². The number of hydrogen-bond donors (Lipinski definition) is 1. The molecule has 0 heterocycles. The van der Waals surface area contributed by atoms with Gasteiger partial charge in [0.2, 0.25) is 0 Å². The fourth-order valence-electron chi connectivity index (χ4n) is 0.810. The van der Waals surface area contributed by atoms with E-state index in [4.69, 9.17) is 9.84 Å². The van der Waals surface area contributed by atoms with E-state index in [1.165, 1.54) is 0 Å². The number of carbonyl (C=O) groups excluding carboxylic acids is 1. The number of benzene rings is 1. The zero-order valence-corrected chi connectivity index (χ0v) is 8.40. The largest absolute Gasteiger partial charge is 0.518 e. The van der Waals surface area contributed by atoms with Gasteiger partial charge in [-0.2, -0.15) is 0 Å². The number of rotatable bonds is 2. The highest BCUT2D eigenvalue weighted by Crippen LogP contribution is 2.10. The lowest BCUT2D eigenvalue weighted by atomic mass is 10.2. The lowest BCUT2D eigenvalue weighted by molar-refractivity contribution is 0.147. The van der Waals surface area contributed by atoms with Crippen LogP contribution in [-0.2, 0) is 15.5 Å². The first-order chi connectivity index (χ1) is 7.18. The molecule has 0 aliphatic rings. The van der Waals surface area contributed by atoms with E-state index in [0.717, 1.165) is 5.56 Å². The third-order valence-electron chi connectivity index (χ3n) is 1.38. The van der Waals surface area contributed by atoms with Gasteiger partial charge in [-0.3, -0.25) is 0 Å². The molecular formula is C9H8O5S. The normalized spacial score (nSPS) is 9.33. The van der Waals surface area contributed by atoms with Crippen LogP contribution in [0.2, 0.25) is 0 Å². The Hall–Kier alpha value is -1.69. The number of carbonyl (C=O) groups is 2. The van der Waals surface area contributed by atoms with E-state index in [9.17, 15) is 9.59 Å². The Morgan fingerprint density at radius 2 is 1.93 bits per heavy atom. The predicted octanol–water partition coefficient (Wildman–Crippen LogP) is 2.67. The minimum absolute atomic E-state index is 0.0929. The number of ether oxygens (including phenoxy) is 1. The molecule has 0 fully saturated rings. The topological polar surface area (TPSA) is 72.8 Å². The smallest absolute Gasteiger partial charge is 0.450 e. The molecule has 1 aromatic rings. The van der Waals surface area contributed by atoms with E-state index in [2.05, 4.69) is 4.18 Å². The lowest BCUT2D eigenvalue weighted by Crippen LogP contribution is -2.01. The summed E-state index contributed by atoms with van der Waals surface area (Å²) in [5, 5.41) is 7.31. The van der Waals surface area contributed by atoms with Gasteiger partial charge in [0.25, 0.3) is 0 Å². The molecule has 0 atom stereocenters. The first kappa shape index (κ1) is 11.4. The minimum atomic E-state index is -1.53. The Morgan fingerprint density at radius 1 is 1.27 bits per heavy atom. The summed E-state index contributed by atoms with van der Waals surface area (Å²) in [6, 6.07) is 9.04. The minimum Gasteiger partial charge on any atom is -0.450 e. The number of hydrogen-bond acceptors (Lipinski definition) is 5. The van der Waals surface area contributed by atoms with Gasteiger partial charge in [0.15, 0.2) is 12.0 Å². The third-order valence-corrected chi connectivity index (χ3v) is 1.86. The van der Waals surface area contributed by atoms with Crippen molar-refractivity contribution < 1.29 is 23.6 Å². The van der Waals surface area contributed by atoms with E-state index < -0.39 is 11.5 Å². The summed E-state index contributed by atoms with van der Waals surface area (Å²) in [5.41, 5.74) is 0.821. The highest BCUT2D eigenvalue weighted by molar-refractivity contribution is 8.09. The molecule has 0 radical (unpaired) electrons. The maximum Gasteiger partial charge on any atom is 0.518 e. The standard InChI is InChI=1S/C9H8O5S/c10-8(11)14-15-9(12)13-6-7-4-2-1-3-5-7/h1-5H,6H2,(H,10,11). The Kier molecular flexibility index (Phi) is 4.49. The molecule has 0 unspecified atom stereocenters. The highest BCUT2D eigenvalue weighted by atomic mass is 32.2. The Balaban J connectivity index is 2.26. The summed E-state index contributed by atoms with van der Waals surface area (Å²) >= 11 is 0.143. The first-order valence-electron chi connectivity index (χ1n) is 3.96. The number of carboxylic acid groups (broad SMARTS) is 1. The van der Waals surface area contributed by atoms with Crippen LogP contribution in [-0.4, -0.2) is 16.6 Å². The molecule has 0 spiro atoms. The van der Waals surface area contributed by atoms with Crippen LogP contribution in [0.15, 0.2) is 30.3 Å². The third kappa shape index (κ3) is 4.92. The molecule has 0 saturated carbocycles. The van der Waals surface area contributed by atoms with Gasteiger partial charge in [0, 0.05) is 0 Å². The van der Waals surface area contributed by atoms with Crippen molar-refractivity contribution in [2.45, 2.75) is 6.61 Å². The summed E-state index contributed by atoms with van der Waals surface area (Å²) in [5.74, 6) is 0. The van der Waals surface area contributed by atoms with Crippen molar-refractivity contribution in [1.82, 2.24) is 0 Å². The van der Waals surface area contributed by atoms with Gasteiger partial charge in [-0.25, -0.2) is 9.59 Å². The first-order valence-corrected chi connectivity index (χ1v) is 4.71. The van der Waals surface area contributed by atoms with E-state index >= 15 is 0 Å². The van der Waals surface area contributed by atoms with Gasteiger partial charge in [0.05, 0.1) is 0 Å². The van der Waals surface area contributed by atoms with Crippen LogP contribution in [0, 0.1) is 0 Å². The van der Waals surface area contributed by atoms with Crippen LogP contribution in [0.3, 0.4) is 0 Å². The van der Waals surface area contributed by atoms with Crippen molar-refractivity contribution in [1.29, 1.82) is 0 Å². The molecule has 5 nitrogen and oxygen atoms in total. The lowest BCUT2D eigenvalue weighted by Gasteiger charge is -2.02. The van der Waals surface area contributed by atoms with E-state index in [1.54, 1.807) is 12.1 Å². The molecule has 80 valence electrons. The molecule has 0 bridgehead atoms. The molecular weight excluding hydrogens is 220 g/mol. The van der Waals surface area contributed by atoms with Crippen molar-refractivity contribution in [2.75, 3.05) is 0 Å². The molecule has 0 aliphatic carbocycles. The van der Waals surface area contributed by atoms with Gasteiger partial charge < -0.3 is 14.0 Å². The van der Waals surface area contributed by atoms with Crippen molar-refractivity contribution in [3.63, 3.8) is 0 Å². The SMILES string of the molecule is O=C(O)OSC(=O)OCc1ccccc1. The Bertz CT molecular complexity index is 338. The van der Waals surface area contributed by atoms with Crippen LogP contribution in [0.25, 0.3) is 0 Å². The zero-order valence-electron chi connectivity index (χ0n) is 7.58. The molecule has 1 N–H and O–H groups in total. The molecule has 0 aliphatic heterocycles. The van der Waals surface area contributed by atoms with Gasteiger partial charge in [-0.15, -0.1) is 0 Å². The van der Waals surface area contributed by atoms with Crippen LogP contribution >= 0.6 is 12.0 Å². The molecule has 1 aromatic carbocycles. The average molecular weight is 228 g/mol. The van der Waals surface area contributed by atoms with E-state index in [1.807, 2.05) is 18.2 Å². The van der Waals surface area contributed by atoms with Crippen LogP contribution in [0.1, 0.15) is 5.56 Å². The van der Waals surface area contributed by atoms with Crippen molar-refractivity contribution in [2.24, 2.45) is 0 Å². The summed E-state index contributed by atoms with van der Waals surface area (Å²) in [6.07, 6.45) is -1.53.